The summed E-state index contributed by atoms with van der Waals surface area (Å²) in [7, 11) is 0. The number of rotatable bonds is 4. The molecule has 4 rings (SSSR count). The molecular formula is C22H18ClN3O3. The van der Waals surface area contributed by atoms with Crippen molar-refractivity contribution in [2.24, 2.45) is 5.10 Å². The lowest BCUT2D eigenvalue weighted by Crippen LogP contribution is -2.18. The number of nitrogens with zero attached hydrogens (tertiary/aromatic N) is 2. The molecule has 1 heterocycles. The third-order valence-electron chi connectivity index (χ3n) is 4.77. The first kappa shape index (κ1) is 18.8. The zero-order chi connectivity index (χ0) is 20.4. The standard InChI is InChI=1S/C22H18ClN3O3/c23-18-4-6-19(7-5-18)26-12-16-2-1-14(9-17(16)13-26)22(29)25-24-11-15-3-8-20(27)10-21(15)28/h1-11,27-28H,12-13H2,(H,25,29)/b24-11+. The fourth-order valence-corrected chi connectivity index (χ4v) is 3.36. The van der Waals surface area contributed by atoms with Crippen molar-refractivity contribution in [1.29, 1.82) is 0 Å². The summed E-state index contributed by atoms with van der Waals surface area (Å²) in [5, 5.41) is 23.6. The molecule has 3 N–H and O–H groups in total. The molecule has 0 aliphatic carbocycles. The van der Waals surface area contributed by atoms with E-state index in [1.165, 1.54) is 30.0 Å². The molecule has 6 nitrogen and oxygen atoms in total. The second kappa shape index (κ2) is 7.85. The number of halogens is 1. The fraction of sp³-hybridized carbons (Fsp3) is 0.0909. The van der Waals surface area contributed by atoms with E-state index in [0.29, 0.717) is 22.7 Å². The Morgan fingerprint density at radius 2 is 1.76 bits per heavy atom. The Kier molecular flexibility index (Phi) is 5.10. The molecule has 7 heteroatoms. The minimum absolute atomic E-state index is 0.0468. The molecule has 1 amide bonds. The van der Waals surface area contributed by atoms with Crippen LogP contribution in [-0.2, 0) is 13.1 Å². The summed E-state index contributed by atoms with van der Waals surface area (Å²) in [5.74, 6) is -0.510. The van der Waals surface area contributed by atoms with Crippen LogP contribution in [0.25, 0.3) is 0 Å². The van der Waals surface area contributed by atoms with Crippen LogP contribution in [0.4, 0.5) is 5.69 Å². The van der Waals surface area contributed by atoms with Crippen molar-refractivity contribution >= 4 is 29.4 Å². The van der Waals surface area contributed by atoms with Gasteiger partial charge in [-0.3, -0.25) is 4.79 Å². The normalized spacial score (nSPS) is 12.9. The molecule has 0 atom stereocenters. The van der Waals surface area contributed by atoms with Crippen LogP contribution < -0.4 is 10.3 Å². The molecule has 1 aliphatic heterocycles. The number of benzene rings is 3. The molecule has 0 saturated heterocycles. The van der Waals surface area contributed by atoms with E-state index in [2.05, 4.69) is 15.4 Å². The zero-order valence-corrected chi connectivity index (χ0v) is 16.1. The Hall–Kier alpha value is -3.51. The number of phenolic OH excluding ortho intramolecular Hbond substituents is 2. The predicted octanol–water partition coefficient (Wildman–Crippen LogP) is 4.04. The van der Waals surface area contributed by atoms with Crippen LogP contribution in [0.3, 0.4) is 0 Å². The fourth-order valence-electron chi connectivity index (χ4n) is 3.24. The van der Waals surface area contributed by atoms with Gasteiger partial charge >= 0.3 is 0 Å². The van der Waals surface area contributed by atoms with E-state index in [1.54, 1.807) is 6.07 Å². The van der Waals surface area contributed by atoms with Gasteiger partial charge in [-0.1, -0.05) is 17.7 Å². The monoisotopic (exact) mass is 407 g/mol. The van der Waals surface area contributed by atoms with Crippen LogP contribution in [0.2, 0.25) is 5.02 Å². The first-order chi connectivity index (χ1) is 14.0. The summed E-state index contributed by atoms with van der Waals surface area (Å²) in [6.45, 7) is 1.49. The molecule has 0 bridgehead atoms. The van der Waals surface area contributed by atoms with Crippen LogP contribution in [0.1, 0.15) is 27.0 Å². The van der Waals surface area contributed by atoms with Crippen molar-refractivity contribution in [3.63, 3.8) is 0 Å². The Balaban J connectivity index is 1.43. The molecule has 0 spiro atoms. The number of hydrazone groups is 1. The van der Waals surface area contributed by atoms with Crippen molar-refractivity contribution in [2.75, 3.05) is 4.90 Å². The van der Waals surface area contributed by atoms with Gasteiger partial charge in [0.2, 0.25) is 0 Å². The van der Waals surface area contributed by atoms with Crippen molar-refractivity contribution in [3.05, 3.63) is 87.9 Å². The topological polar surface area (TPSA) is 85.2 Å². The minimum atomic E-state index is -0.340. The van der Waals surface area contributed by atoms with Crippen molar-refractivity contribution in [1.82, 2.24) is 5.43 Å². The number of carbonyl (C=O) groups excluding carboxylic acids is 1. The molecule has 0 unspecified atom stereocenters. The number of phenols is 2. The number of aromatic hydroxyl groups is 2. The Morgan fingerprint density at radius 3 is 2.52 bits per heavy atom. The number of anilines is 1. The SMILES string of the molecule is O=C(N/N=C/c1ccc(O)cc1O)c1ccc2c(c1)CN(c1ccc(Cl)cc1)C2. The van der Waals surface area contributed by atoms with Gasteiger partial charge < -0.3 is 15.1 Å². The smallest absolute Gasteiger partial charge is 0.271 e. The lowest BCUT2D eigenvalue weighted by atomic mass is 10.1. The molecule has 0 saturated carbocycles. The van der Waals surface area contributed by atoms with E-state index < -0.39 is 0 Å². The molecular weight excluding hydrogens is 390 g/mol. The highest BCUT2D eigenvalue weighted by atomic mass is 35.5. The summed E-state index contributed by atoms with van der Waals surface area (Å²) in [6, 6.07) is 17.4. The van der Waals surface area contributed by atoms with Crippen molar-refractivity contribution in [3.8, 4) is 11.5 Å². The number of amides is 1. The Morgan fingerprint density at radius 1 is 1.00 bits per heavy atom. The van der Waals surface area contributed by atoms with Crippen molar-refractivity contribution in [2.45, 2.75) is 13.1 Å². The number of hydrogen-bond donors (Lipinski definition) is 3. The van der Waals surface area contributed by atoms with Gasteiger partial charge in [0.05, 0.1) is 6.21 Å². The minimum Gasteiger partial charge on any atom is -0.508 e. The maximum atomic E-state index is 12.4. The summed E-state index contributed by atoms with van der Waals surface area (Å²) < 4.78 is 0. The van der Waals surface area contributed by atoms with E-state index in [0.717, 1.165) is 17.8 Å². The summed E-state index contributed by atoms with van der Waals surface area (Å²) in [4.78, 5) is 14.6. The van der Waals surface area contributed by atoms with Crippen molar-refractivity contribution < 1.29 is 15.0 Å². The molecule has 0 aromatic heterocycles. The summed E-state index contributed by atoms with van der Waals surface area (Å²) >= 11 is 5.96. The number of carbonyl (C=O) groups is 1. The number of nitrogens with one attached hydrogen (secondary N) is 1. The van der Waals surface area contributed by atoms with Gasteiger partial charge in [0.15, 0.2) is 0 Å². The predicted molar refractivity (Wildman–Crippen MR) is 113 cm³/mol. The van der Waals surface area contributed by atoms with E-state index in [1.807, 2.05) is 36.4 Å². The third-order valence-corrected chi connectivity index (χ3v) is 5.02. The lowest BCUT2D eigenvalue weighted by molar-refractivity contribution is 0.0955. The van der Waals surface area contributed by atoms with Crippen LogP contribution in [0.15, 0.2) is 65.8 Å². The average molecular weight is 408 g/mol. The summed E-state index contributed by atoms with van der Waals surface area (Å²) in [6.07, 6.45) is 1.32. The zero-order valence-electron chi connectivity index (χ0n) is 15.3. The highest BCUT2D eigenvalue weighted by Crippen LogP contribution is 2.29. The molecule has 29 heavy (non-hydrogen) atoms. The molecule has 3 aromatic rings. The van der Waals surface area contributed by atoms with E-state index in [4.69, 9.17) is 11.6 Å². The number of fused-ring (bicyclic) bond motifs is 1. The maximum Gasteiger partial charge on any atom is 0.271 e. The van der Waals surface area contributed by atoms with Gasteiger partial charge in [-0.2, -0.15) is 5.10 Å². The highest BCUT2D eigenvalue weighted by Gasteiger charge is 2.20. The largest absolute Gasteiger partial charge is 0.508 e. The molecule has 1 aliphatic rings. The van der Waals surface area contributed by atoms with Crippen LogP contribution >= 0.6 is 11.6 Å². The van der Waals surface area contributed by atoms with Gasteiger partial charge in [0.1, 0.15) is 11.5 Å². The van der Waals surface area contributed by atoms with Crippen LogP contribution in [-0.4, -0.2) is 22.3 Å². The van der Waals surface area contributed by atoms with Gasteiger partial charge in [0, 0.05) is 41.0 Å². The highest BCUT2D eigenvalue weighted by molar-refractivity contribution is 6.30. The van der Waals surface area contributed by atoms with E-state index in [-0.39, 0.29) is 17.4 Å². The second-order valence-electron chi connectivity index (χ2n) is 6.76. The lowest BCUT2D eigenvalue weighted by Gasteiger charge is -2.17. The maximum absolute atomic E-state index is 12.4. The van der Waals surface area contributed by atoms with Gasteiger partial charge in [-0.15, -0.1) is 0 Å². The van der Waals surface area contributed by atoms with Crippen LogP contribution in [0, 0.1) is 0 Å². The molecule has 0 fully saturated rings. The molecule has 146 valence electrons. The Labute approximate surface area is 172 Å². The second-order valence-corrected chi connectivity index (χ2v) is 7.19. The Bertz CT molecular complexity index is 1100. The van der Waals surface area contributed by atoms with Crippen LogP contribution in [0.5, 0.6) is 11.5 Å². The van der Waals surface area contributed by atoms with Gasteiger partial charge in [-0.25, -0.2) is 5.43 Å². The molecule has 3 aromatic carbocycles. The van der Waals surface area contributed by atoms with E-state index in [9.17, 15) is 15.0 Å². The van der Waals surface area contributed by atoms with E-state index >= 15 is 0 Å². The average Bonchev–Trinajstić information content (AvgIpc) is 3.13. The number of hydrogen-bond acceptors (Lipinski definition) is 5. The third kappa shape index (κ3) is 4.17. The van der Waals surface area contributed by atoms with Gasteiger partial charge in [0.25, 0.3) is 5.91 Å². The van der Waals surface area contributed by atoms with Gasteiger partial charge in [-0.05, 0) is 59.7 Å². The quantitative estimate of drug-likeness (QED) is 0.450. The first-order valence-electron chi connectivity index (χ1n) is 8.97. The summed E-state index contributed by atoms with van der Waals surface area (Å²) in [5.41, 5.74) is 6.70. The molecule has 0 radical (unpaired) electrons. The first-order valence-corrected chi connectivity index (χ1v) is 9.35.